The van der Waals surface area contributed by atoms with Crippen molar-refractivity contribution in [1.29, 1.82) is 0 Å². The number of benzene rings is 1. The second-order valence-electron chi connectivity index (χ2n) is 6.10. The van der Waals surface area contributed by atoms with Gasteiger partial charge in [0.1, 0.15) is 0 Å². The van der Waals surface area contributed by atoms with Crippen molar-refractivity contribution in [3.8, 4) is 0 Å². The number of ketones is 1. The molecule has 0 heterocycles. The Kier molecular flexibility index (Phi) is 3.91. The lowest BCUT2D eigenvalue weighted by atomic mass is 10.1. The van der Waals surface area contributed by atoms with Crippen LogP contribution in [0.2, 0.25) is 0 Å². The Hall–Kier alpha value is -1.90. The van der Waals surface area contributed by atoms with Crippen LogP contribution < -0.4 is 5.32 Å². The highest BCUT2D eigenvalue weighted by molar-refractivity contribution is 5.97. The summed E-state index contributed by atoms with van der Waals surface area (Å²) in [6.45, 7) is 1.54. The molecule has 1 fully saturated rings. The van der Waals surface area contributed by atoms with Crippen molar-refractivity contribution in [2.24, 2.45) is 17.8 Å². The van der Waals surface area contributed by atoms with Crippen molar-refractivity contribution in [1.82, 2.24) is 0 Å². The van der Waals surface area contributed by atoms with E-state index < -0.39 is 0 Å². The van der Waals surface area contributed by atoms with Crippen LogP contribution in [0.1, 0.15) is 43.0 Å². The predicted octanol–water partition coefficient (Wildman–Crippen LogP) is 3.82. The summed E-state index contributed by atoms with van der Waals surface area (Å²) in [6, 6.07) is 7.14. The average molecular weight is 283 g/mol. The maximum atomic E-state index is 12.4. The van der Waals surface area contributed by atoms with Gasteiger partial charge in [0.15, 0.2) is 5.78 Å². The molecule has 110 valence electrons. The van der Waals surface area contributed by atoms with E-state index in [9.17, 15) is 9.59 Å². The van der Waals surface area contributed by atoms with Gasteiger partial charge in [0.05, 0.1) is 0 Å². The fourth-order valence-corrected chi connectivity index (χ4v) is 3.45. The van der Waals surface area contributed by atoms with Crippen LogP contribution in [0.3, 0.4) is 0 Å². The Balaban J connectivity index is 1.61. The molecule has 21 heavy (non-hydrogen) atoms. The first kappa shape index (κ1) is 14.1. The van der Waals surface area contributed by atoms with Gasteiger partial charge in [0, 0.05) is 17.2 Å². The smallest absolute Gasteiger partial charge is 0.228 e. The van der Waals surface area contributed by atoms with Crippen molar-refractivity contribution in [3.63, 3.8) is 0 Å². The van der Waals surface area contributed by atoms with Gasteiger partial charge in [-0.1, -0.05) is 12.2 Å². The van der Waals surface area contributed by atoms with Crippen LogP contribution in [0.4, 0.5) is 5.69 Å². The number of hydrogen-bond donors (Lipinski definition) is 1. The summed E-state index contributed by atoms with van der Waals surface area (Å²) >= 11 is 0. The number of anilines is 1. The first-order valence-electron chi connectivity index (χ1n) is 7.73. The normalized spacial score (nSPS) is 28.7. The molecule has 3 nitrogen and oxygen atoms in total. The van der Waals surface area contributed by atoms with Crippen molar-refractivity contribution >= 4 is 17.4 Å². The van der Waals surface area contributed by atoms with Gasteiger partial charge in [-0.3, -0.25) is 9.59 Å². The van der Waals surface area contributed by atoms with Crippen molar-refractivity contribution in [2.45, 2.75) is 32.6 Å². The minimum Gasteiger partial charge on any atom is -0.326 e. The lowest BCUT2D eigenvalue weighted by molar-refractivity contribution is -0.117. The maximum Gasteiger partial charge on any atom is 0.228 e. The molecule has 0 radical (unpaired) electrons. The number of rotatable bonds is 3. The molecule has 1 amide bonds. The molecule has 2 aliphatic carbocycles. The molecule has 0 aromatic heterocycles. The van der Waals surface area contributed by atoms with Gasteiger partial charge in [-0.25, -0.2) is 0 Å². The zero-order valence-electron chi connectivity index (χ0n) is 12.3. The topological polar surface area (TPSA) is 46.2 Å². The standard InChI is InChI=1S/C18H21NO2/c1-12(20)13-8-10-14(11-9-13)19-18(21)17-15-6-4-2-3-5-7-16(15)17/h2-3,8-11,15-17H,4-7H2,1H3,(H,19,21)/b3-2-/t15-,16-/m1/s1. The van der Waals surface area contributed by atoms with E-state index in [1.54, 1.807) is 31.2 Å². The number of hydrogen-bond acceptors (Lipinski definition) is 2. The molecule has 1 aromatic carbocycles. The molecule has 0 bridgehead atoms. The summed E-state index contributed by atoms with van der Waals surface area (Å²) in [5.41, 5.74) is 1.45. The van der Waals surface area contributed by atoms with E-state index in [2.05, 4.69) is 17.5 Å². The van der Waals surface area contributed by atoms with Crippen molar-refractivity contribution < 1.29 is 9.59 Å². The van der Waals surface area contributed by atoms with Gasteiger partial charge in [-0.15, -0.1) is 0 Å². The molecule has 1 N–H and O–H groups in total. The molecule has 0 saturated heterocycles. The zero-order chi connectivity index (χ0) is 14.8. The molecular weight excluding hydrogens is 262 g/mol. The summed E-state index contributed by atoms with van der Waals surface area (Å²) in [7, 11) is 0. The first-order valence-corrected chi connectivity index (χ1v) is 7.73. The van der Waals surface area contributed by atoms with Crippen LogP contribution in [0.25, 0.3) is 0 Å². The average Bonchev–Trinajstić information content (AvgIpc) is 3.10. The largest absolute Gasteiger partial charge is 0.326 e. The van der Waals surface area contributed by atoms with E-state index in [0.29, 0.717) is 17.4 Å². The Labute approximate surface area is 125 Å². The lowest BCUT2D eigenvalue weighted by Gasteiger charge is -2.05. The van der Waals surface area contributed by atoms with Crippen molar-refractivity contribution in [3.05, 3.63) is 42.0 Å². The number of carbonyl (C=O) groups excluding carboxylic acids is 2. The van der Waals surface area contributed by atoms with Crippen LogP contribution in [0.15, 0.2) is 36.4 Å². The summed E-state index contributed by atoms with van der Waals surface area (Å²) in [4.78, 5) is 23.6. The third kappa shape index (κ3) is 3.07. The predicted molar refractivity (Wildman–Crippen MR) is 83.2 cm³/mol. The quantitative estimate of drug-likeness (QED) is 0.677. The molecule has 1 aromatic rings. The van der Waals surface area contributed by atoms with Gasteiger partial charge in [-0.05, 0) is 68.7 Å². The zero-order valence-corrected chi connectivity index (χ0v) is 12.3. The Morgan fingerprint density at radius 2 is 1.57 bits per heavy atom. The first-order chi connectivity index (χ1) is 10.2. The number of nitrogens with one attached hydrogen (secondary N) is 1. The number of Topliss-reactive ketones (excluding diaryl/α,β-unsaturated/α-hetero) is 1. The summed E-state index contributed by atoms with van der Waals surface area (Å²) in [5.74, 6) is 1.49. The highest BCUT2D eigenvalue weighted by Crippen LogP contribution is 2.53. The fraction of sp³-hybridized carbons (Fsp3) is 0.444. The van der Waals surface area contributed by atoms with Gasteiger partial charge in [0.2, 0.25) is 5.91 Å². The van der Waals surface area contributed by atoms with Gasteiger partial charge in [-0.2, -0.15) is 0 Å². The Bertz CT molecular complexity index is 557. The monoisotopic (exact) mass is 283 g/mol. The SMILES string of the molecule is CC(=O)c1ccc(NC(=O)C2[C@@H]3CC/C=C\CC[C@@H]23)cc1. The van der Waals surface area contributed by atoms with E-state index >= 15 is 0 Å². The van der Waals surface area contributed by atoms with E-state index in [4.69, 9.17) is 0 Å². The molecule has 1 saturated carbocycles. The van der Waals surface area contributed by atoms with Crippen LogP contribution in [-0.2, 0) is 4.79 Å². The third-order valence-corrected chi connectivity index (χ3v) is 4.69. The fourth-order valence-electron chi connectivity index (χ4n) is 3.45. The Morgan fingerprint density at radius 1 is 1.00 bits per heavy atom. The summed E-state index contributed by atoms with van der Waals surface area (Å²) < 4.78 is 0. The molecule has 3 rings (SSSR count). The second kappa shape index (κ2) is 5.84. The van der Waals surface area contributed by atoms with Crippen LogP contribution in [0.5, 0.6) is 0 Å². The summed E-state index contributed by atoms with van der Waals surface area (Å²) in [5, 5.41) is 3.00. The number of amides is 1. The number of carbonyl (C=O) groups is 2. The Morgan fingerprint density at radius 3 is 2.10 bits per heavy atom. The maximum absolute atomic E-state index is 12.4. The number of allylic oxidation sites excluding steroid dienone is 2. The minimum atomic E-state index is 0.0427. The molecule has 0 aliphatic heterocycles. The van der Waals surface area contributed by atoms with E-state index in [0.717, 1.165) is 31.4 Å². The van der Waals surface area contributed by atoms with Crippen molar-refractivity contribution in [2.75, 3.05) is 5.32 Å². The van der Waals surface area contributed by atoms with E-state index in [1.807, 2.05) is 0 Å². The molecule has 2 atom stereocenters. The second-order valence-corrected chi connectivity index (χ2v) is 6.10. The lowest BCUT2D eigenvalue weighted by Crippen LogP contribution is -2.15. The number of fused-ring (bicyclic) bond motifs is 1. The van der Waals surface area contributed by atoms with E-state index in [1.165, 1.54) is 0 Å². The molecule has 3 heteroatoms. The van der Waals surface area contributed by atoms with Crippen LogP contribution >= 0.6 is 0 Å². The minimum absolute atomic E-state index is 0.0427. The highest BCUT2D eigenvalue weighted by Gasteiger charge is 2.53. The molecule has 0 unspecified atom stereocenters. The van der Waals surface area contributed by atoms with Crippen LogP contribution in [0, 0.1) is 17.8 Å². The van der Waals surface area contributed by atoms with Gasteiger partial charge >= 0.3 is 0 Å². The van der Waals surface area contributed by atoms with E-state index in [-0.39, 0.29) is 17.6 Å². The summed E-state index contributed by atoms with van der Waals surface area (Å²) in [6.07, 6.45) is 8.93. The molecule has 2 aliphatic rings. The third-order valence-electron chi connectivity index (χ3n) is 4.69. The van der Waals surface area contributed by atoms with Gasteiger partial charge < -0.3 is 5.32 Å². The molecular formula is C18H21NO2. The van der Waals surface area contributed by atoms with Crippen LogP contribution in [-0.4, -0.2) is 11.7 Å². The van der Waals surface area contributed by atoms with Gasteiger partial charge in [0.25, 0.3) is 0 Å². The molecule has 0 spiro atoms. The highest BCUT2D eigenvalue weighted by atomic mass is 16.2.